The summed E-state index contributed by atoms with van der Waals surface area (Å²) >= 11 is 0. The van der Waals surface area contributed by atoms with Crippen LogP contribution in [-0.4, -0.2) is 34.9 Å². The summed E-state index contributed by atoms with van der Waals surface area (Å²) in [5.74, 6) is 0.535. The van der Waals surface area contributed by atoms with Crippen LogP contribution in [-0.2, 0) is 13.5 Å². The van der Waals surface area contributed by atoms with Crippen LogP contribution in [0.2, 0.25) is 0 Å². The quantitative estimate of drug-likeness (QED) is 0.654. The zero-order chi connectivity index (χ0) is 19.0. The van der Waals surface area contributed by atoms with Gasteiger partial charge >= 0.3 is 0 Å². The third-order valence-corrected chi connectivity index (χ3v) is 6.18. The van der Waals surface area contributed by atoms with Crippen LogP contribution < -0.4 is 0 Å². The number of aromatic nitrogens is 1. The normalized spacial score (nSPS) is 16.4. The first-order valence-electron chi connectivity index (χ1n) is 10.1. The third-order valence-electron chi connectivity index (χ3n) is 6.18. The molecule has 0 N–H and O–H groups in total. The lowest BCUT2D eigenvalue weighted by atomic mass is 9.92. The van der Waals surface area contributed by atoms with Crippen molar-refractivity contribution in [2.75, 3.05) is 19.6 Å². The maximum Gasteiger partial charge on any atom is 0.195 e. The van der Waals surface area contributed by atoms with E-state index in [9.17, 15) is 4.79 Å². The highest BCUT2D eigenvalue weighted by atomic mass is 16.1. The minimum Gasteiger partial charge on any atom is -0.347 e. The van der Waals surface area contributed by atoms with Crippen LogP contribution in [0.1, 0.15) is 53.4 Å². The number of para-hydroxylation sites is 1. The van der Waals surface area contributed by atoms with Gasteiger partial charge in [0.1, 0.15) is 0 Å². The Labute approximate surface area is 161 Å². The number of carbonyl (C=O) groups is 1. The Balaban J connectivity index is 1.88. The smallest absolute Gasteiger partial charge is 0.195 e. The Morgan fingerprint density at radius 3 is 2.52 bits per heavy atom. The fourth-order valence-corrected chi connectivity index (χ4v) is 4.66. The number of aryl methyl sites for hydroxylation is 1. The van der Waals surface area contributed by atoms with Crippen molar-refractivity contribution in [2.24, 2.45) is 7.05 Å². The number of fused-ring (bicyclic) bond motifs is 4. The number of benzene rings is 2. The molecule has 1 heterocycles. The number of carbonyl (C=O) groups excluding carboxylic acids is 1. The lowest BCUT2D eigenvalue weighted by Gasteiger charge is -2.23. The molecule has 140 valence electrons. The van der Waals surface area contributed by atoms with Gasteiger partial charge in [0.2, 0.25) is 0 Å². The molecular weight excluding hydrogens is 332 g/mol. The van der Waals surface area contributed by atoms with Gasteiger partial charge in [-0.25, -0.2) is 0 Å². The van der Waals surface area contributed by atoms with Gasteiger partial charge in [0.15, 0.2) is 5.78 Å². The molecular formula is C24H28N2O. The van der Waals surface area contributed by atoms with Crippen LogP contribution in [0.15, 0.2) is 48.5 Å². The molecule has 0 aliphatic heterocycles. The zero-order valence-corrected chi connectivity index (χ0v) is 16.5. The molecule has 1 aliphatic carbocycles. The van der Waals surface area contributed by atoms with E-state index >= 15 is 0 Å². The van der Waals surface area contributed by atoms with Crippen LogP contribution >= 0.6 is 0 Å². The van der Waals surface area contributed by atoms with Crippen molar-refractivity contribution < 1.29 is 4.79 Å². The molecule has 1 atom stereocenters. The van der Waals surface area contributed by atoms with E-state index in [-0.39, 0.29) is 5.78 Å². The van der Waals surface area contributed by atoms with Gasteiger partial charge in [0.25, 0.3) is 0 Å². The van der Waals surface area contributed by atoms with Crippen LogP contribution in [0.3, 0.4) is 0 Å². The molecule has 0 radical (unpaired) electrons. The Morgan fingerprint density at radius 1 is 1.04 bits per heavy atom. The van der Waals surface area contributed by atoms with Gasteiger partial charge in [-0.1, -0.05) is 56.3 Å². The summed E-state index contributed by atoms with van der Waals surface area (Å²) in [5, 5.41) is 1.09. The van der Waals surface area contributed by atoms with E-state index in [1.807, 2.05) is 18.2 Å². The Kier molecular flexibility index (Phi) is 4.88. The maximum atomic E-state index is 13.5. The largest absolute Gasteiger partial charge is 0.347 e. The van der Waals surface area contributed by atoms with Crippen molar-refractivity contribution in [3.05, 3.63) is 70.9 Å². The lowest BCUT2D eigenvalue weighted by Crippen LogP contribution is -2.26. The monoisotopic (exact) mass is 360 g/mol. The second-order valence-corrected chi connectivity index (χ2v) is 7.54. The van der Waals surface area contributed by atoms with E-state index in [4.69, 9.17) is 0 Å². The van der Waals surface area contributed by atoms with Gasteiger partial charge in [0.05, 0.1) is 5.56 Å². The van der Waals surface area contributed by atoms with Gasteiger partial charge in [-0.05, 0) is 44.1 Å². The van der Waals surface area contributed by atoms with Crippen LogP contribution in [0.4, 0.5) is 0 Å². The maximum absolute atomic E-state index is 13.5. The standard InChI is InChI=1S/C24H28N2O/c1-4-26(5-2)15-14-18-16-17-10-6-7-11-19(17)24(27)22-20-12-8-9-13-21(20)25(3)23(18)22/h6-13,18H,4-5,14-16H2,1-3H3. The van der Waals surface area contributed by atoms with E-state index < -0.39 is 0 Å². The fourth-order valence-electron chi connectivity index (χ4n) is 4.66. The van der Waals surface area contributed by atoms with Crippen molar-refractivity contribution in [2.45, 2.75) is 32.6 Å². The van der Waals surface area contributed by atoms with Crippen LogP contribution in [0, 0.1) is 0 Å². The molecule has 27 heavy (non-hydrogen) atoms. The molecule has 1 unspecified atom stereocenters. The number of hydrogen-bond acceptors (Lipinski definition) is 2. The van der Waals surface area contributed by atoms with E-state index in [2.05, 4.69) is 60.7 Å². The molecule has 0 fully saturated rings. The SMILES string of the molecule is CCN(CC)CCC1Cc2ccccc2C(=O)c2c1n(C)c1ccccc21. The number of rotatable bonds is 5. The number of ketones is 1. The topological polar surface area (TPSA) is 25.2 Å². The van der Waals surface area contributed by atoms with Gasteiger partial charge in [-0.3, -0.25) is 4.79 Å². The predicted molar refractivity (Wildman–Crippen MR) is 112 cm³/mol. The minimum atomic E-state index is 0.183. The number of nitrogens with zero attached hydrogens (tertiary/aromatic N) is 2. The van der Waals surface area contributed by atoms with Gasteiger partial charge in [-0.15, -0.1) is 0 Å². The van der Waals surface area contributed by atoms with E-state index in [1.54, 1.807) is 0 Å². The van der Waals surface area contributed by atoms with Crippen molar-refractivity contribution in [1.29, 1.82) is 0 Å². The fraction of sp³-hybridized carbons (Fsp3) is 0.375. The molecule has 0 saturated carbocycles. The van der Waals surface area contributed by atoms with Gasteiger partial charge < -0.3 is 9.47 Å². The molecule has 2 aromatic carbocycles. The molecule has 4 rings (SSSR count). The molecule has 1 aliphatic rings. The van der Waals surface area contributed by atoms with Gasteiger partial charge in [-0.2, -0.15) is 0 Å². The summed E-state index contributed by atoms with van der Waals surface area (Å²) in [6.45, 7) is 7.64. The first kappa shape index (κ1) is 18.0. The van der Waals surface area contributed by atoms with Crippen molar-refractivity contribution in [3.8, 4) is 0 Å². The third kappa shape index (κ3) is 3.00. The van der Waals surface area contributed by atoms with Gasteiger partial charge in [0, 0.05) is 35.1 Å². The summed E-state index contributed by atoms with van der Waals surface area (Å²) in [5.41, 5.74) is 5.35. The highest BCUT2D eigenvalue weighted by molar-refractivity contribution is 6.18. The molecule has 3 heteroatoms. The summed E-state index contributed by atoms with van der Waals surface area (Å²) < 4.78 is 2.27. The average molecular weight is 361 g/mol. The first-order valence-corrected chi connectivity index (χ1v) is 10.1. The molecule has 3 nitrogen and oxygen atoms in total. The minimum absolute atomic E-state index is 0.183. The van der Waals surface area contributed by atoms with E-state index in [0.29, 0.717) is 5.92 Å². The molecule has 0 spiro atoms. The average Bonchev–Trinajstić information content (AvgIpc) is 2.93. The Bertz CT molecular complexity index is 981. The molecule has 0 bridgehead atoms. The summed E-state index contributed by atoms with van der Waals surface area (Å²) in [6, 6.07) is 16.5. The molecule has 1 aromatic heterocycles. The molecule has 0 amide bonds. The van der Waals surface area contributed by atoms with E-state index in [1.165, 1.54) is 11.3 Å². The van der Waals surface area contributed by atoms with E-state index in [0.717, 1.165) is 54.5 Å². The van der Waals surface area contributed by atoms with Crippen molar-refractivity contribution in [3.63, 3.8) is 0 Å². The first-order chi connectivity index (χ1) is 13.2. The Morgan fingerprint density at radius 2 is 1.74 bits per heavy atom. The second-order valence-electron chi connectivity index (χ2n) is 7.54. The van der Waals surface area contributed by atoms with Crippen molar-refractivity contribution >= 4 is 16.7 Å². The van der Waals surface area contributed by atoms with Crippen LogP contribution in [0.5, 0.6) is 0 Å². The van der Waals surface area contributed by atoms with Crippen molar-refractivity contribution in [1.82, 2.24) is 9.47 Å². The summed E-state index contributed by atoms with van der Waals surface area (Å²) in [6.07, 6.45) is 2.00. The highest BCUT2D eigenvalue weighted by Crippen LogP contribution is 2.39. The Hall–Kier alpha value is -2.39. The molecule has 3 aromatic rings. The second kappa shape index (κ2) is 7.32. The lowest BCUT2D eigenvalue weighted by molar-refractivity contribution is 0.103. The number of hydrogen-bond donors (Lipinski definition) is 0. The summed E-state index contributed by atoms with van der Waals surface area (Å²) in [7, 11) is 2.12. The molecule has 0 saturated heterocycles. The highest BCUT2D eigenvalue weighted by Gasteiger charge is 2.32. The summed E-state index contributed by atoms with van der Waals surface area (Å²) in [4.78, 5) is 16.0. The zero-order valence-electron chi connectivity index (χ0n) is 16.5. The predicted octanol–water partition coefficient (Wildman–Crippen LogP) is 4.78. The van der Waals surface area contributed by atoms with Crippen LogP contribution in [0.25, 0.3) is 10.9 Å².